The predicted molar refractivity (Wildman–Crippen MR) is 67.2 cm³/mol. The van der Waals surface area contributed by atoms with E-state index in [9.17, 15) is 0 Å². The fraction of sp³-hybridized carbons (Fsp3) is 0.538. The van der Waals surface area contributed by atoms with Crippen molar-refractivity contribution in [1.82, 2.24) is 0 Å². The molecule has 2 N–H and O–H groups in total. The Morgan fingerprint density at radius 2 is 1.59 bits per heavy atom. The standard InChI is InChI=1S/C13H21NO3/c1-8-7-11(15-3)9(2)6-10(8)12(14)13(16-4)17-5/h6-7,12-13H,14H2,1-5H3. The molecule has 0 fully saturated rings. The normalized spacial score (nSPS) is 12.9. The van der Waals surface area contributed by atoms with Gasteiger partial charge in [-0.05, 0) is 36.6 Å². The lowest BCUT2D eigenvalue weighted by Gasteiger charge is -2.23. The average molecular weight is 239 g/mol. The number of aryl methyl sites for hydroxylation is 2. The van der Waals surface area contributed by atoms with E-state index < -0.39 is 6.29 Å². The summed E-state index contributed by atoms with van der Waals surface area (Å²) in [5.41, 5.74) is 9.26. The molecule has 0 aromatic heterocycles. The Labute approximate surface area is 103 Å². The van der Waals surface area contributed by atoms with Crippen molar-refractivity contribution >= 4 is 0 Å². The van der Waals surface area contributed by atoms with E-state index in [1.165, 1.54) is 0 Å². The number of methoxy groups -OCH3 is 3. The molecule has 1 atom stereocenters. The highest BCUT2D eigenvalue weighted by Gasteiger charge is 2.21. The van der Waals surface area contributed by atoms with Crippen molar-refractivity contribution in [2.24, 2.45) is 5.73 Å². The van der Waals surface area contributed by atoms with Gasteiger partial charge in [0.1, 0.15) is 5.75 Å². The second-order valence-electron chi connectivity index (χ2n) is 4.04. The molecule has 1 aromatic rings. The smallest absolute Gasteiger partial charge is 0.176 e. The van der Waals surface area contributed by atoms with Gasteiger partial charge in [-0.25, -0.2) is 0 Å². The highest BCUT2D eigenvalue weighted by atomic mass is 16.7. The van der Waals surface area contributed by atoms with Gasteiger partial charge in [-0.1, -0.05) is 6.07 Å². The molecular formula is C13H21NO3. The van der Waals surface area contributed by atoms with E-state index in [0.29, 0.717) is 0 Å². The summed E-state index contributed by atoms with van der Waals surface area (Å²) in [6, 6.07) is 3.69. The topological polar surface area (TPSA) is 53.7 Å². The third-order valence-electron chi connectivity index (χ3n) is 2.90. The van der Waals surface area contributed by atoms with Crippen LogP contribution >= 0.6 is 0 Å². The number of rotatable bonds is 5. The van der Waals surface area contributed by atoms with Gasteiger partial charge < -0.3 is 19.9 Å². The zero-order valence-corrected chi connectivity index (χ0v) is 11.1. The molecule has 17 heavy (non-hydrogen) atoms. The van der Waals surface area contributed by atoms with Crippen molar-refractivity contribution in [2.75, 3.05) is 21.3 Å². The van der Waals surface area contributed by atoms with E-state index in [0.717, 1.165) is 22.4 Å². The molecule has 0 aliphatic heterocycles. The maximum absolute atomic E-state index is 6.13. The third kappa shape index (κ3) is 2.97. The van der Waals surface area contributed by atoms with E-state index >= 15 is 0 Å². The first-order chi connectivity index (χ1) is 8.04. The molecule has 1 rings (SSSR count). The van der Waals surface area contributed by atoms with Gasteiger partial charge in [0, 0.05) is 14.2 Å². The number of hydrogen-bond acceptors (Lipinski definition) is 4. The second-order valence-corrected chi connectivity index (χ2v) is 4.04. The van der Waals surface area contributed by atoms with Crippen molar-refractivity contribution in [1.29, 1.82) is 0 Å². The molecule has 4 nitrogen and oxygen atoms in total. The van der Waals surface area contributed by atoms with E-state index in [-0.39, 0.29) is 6.04 Å². The Morgan fingerprint density at radius 3 is 2.06 bits per heavy atom. The van der Waals surface area contributed by atoms with Crippen LogP contribution in [0.25, 0.3) is 0 Å². The molecule has 0 saturated heterocycles. The molecule has 0 saturated carbocycles. The first kappa shape index (κ1) is 14.0. The van der Waals surface area contributed by atoms with Crippen molar-refractivity contribution < 1.29 is 14.2 Å². The first-order valence-corrected chi connectivity index (χ1v) is 5.51. The lowest BCUT2D eigenvalue weighted by Crippen LogP contribution is -2.30. The predicted octanol–water partition coefficient (Wildman–Crippen LogP) is 1.93. The molecule has 0 spiro atoms. The molecule has 4 heteroatoms. The molecule has 0 bridgehead atoms. The zero-order chi connectivity index (χ0) is 13.0. The third-order valence-corrected chi connectivity index (χ3v) is 2.90. The van der Waals surface area contributed by atoms with Gasteiger partial charge in [0.25, 0.3) is 0 Å². The molecular weight excluding hydrogens is 218 g/mol. The van der Waals surface area contributed by atoms with Gasteiger partial charge in [-0.2, -0.15) is 0 Å². The highest BCUT2D eigenvalue weighted by molar-refractivity contribution is 5.42. The quantitative estimate of drug-likeness (QED) is 0.798. The fourth-order valence-electron chi connectivity index (χ4n) is 1.93. The Kier molecular flexibility index (Phi) is 4.93. The SMILES string of the molecule is COc1cc(C)c(C(N)C(OC)OC)cc1C. The monoisotopic (exact) mass is 239 g/mol. The minimum atomic E-state index is -0.443. The van der Waals surface area contributed by atoms with Crippen LogP contribution in [0.2, 0.25) is 0 Å². The molecule has 0 aliphatic rings. The molecule has 1 aromatic carbocycles. The van der Waals surface area contributed by atoms with E-state index in [1.54, 1.807) is 21.3 Å². The Morgan fingerprint density at radius 1 is 1.00 bits per heavy atom. The lowest BCUT2D eigenvalue weighted by atomic mass is 9.98. The molecule has 1 unspecified atom stereocenters. The Hall–Kier alpha value is -1.10. The van der Waals surface area contributed by atoms with Gasteiger partial charge in [0.15, 0.2) is 6.29 Å². The van der Waals surface area contributed by atoms with Crippen molar-refractivity contribution in [3.63, 3.8) is 0 Å². The summed E-state index contributed by atoms with van der Waals surface area (Å²) < 4.78 is 15.6. The van der Waals surface area contributed by atoms with Crippen molar-refractivity contribution in [3.05, 3.63) is 28.8 Å². The average Bonchev–Trinajstić information content (AvgIpc) is 2.32. The summed E-state index contributed by atoms with van der Waals surface area (Å²) in [6.45, 7) is 3.99. The number of hydrogen-bond donors (Lipinski definition) is 1. The fourth-order valence-corrected chi connectivity index (χ4v) is 1.93. The van der Waals surface area contributed by atoms with Gasteiger partial charge in [0.2, 0.25) is 0 Å². The first-order valence-electron chi connectivity index (χ1n) is 5.51. The van der Waals surface area contributed by atoms with Crippen LogP contribution < -0.4 is 10.5 Å². The number of ether oxygens (including phenoxy) is 3. The van der Waals surface area contributed by atoms with Crippen LogP contribution in [0.5, 0.6) is 5.75 Å². The maximum Gasteiger partial charge on any atom is 0.176 e. The summed E-state index contributed by atoms with van der Waals surface area (Å²) in [5, 5.41) is 0. The summed E-state index contributed by atoms with van der Waals surface area (Å²) in [7, 11) is 4.83. The molecule has 0 aliphatic carbocycles. The van der Waals surface area contributed by atoms with Gasteiger partial charge in [-0.15, -0.1) is 0 Å². The van der Waals surface area contributed by atoms with Gasteiger partial charge in [-0.3, -0.25) is 0 Å². The largest absolute Gasteiger partial charge is 0.496 e. The lowest BCUT2D eigenvalue weighted by molar-refractivity contribution is -0.117. The van der Waals surface area contributed by atoms with Crippen LogP contribution in [0.15, 0.2) is 12.1 Å². The van der Waals surface area contributed by atoms with Crippen LogP contribution in [-0.2, 0) is 9.47 Å². The van der Waals surface area contributed by atoms with Crippen LogP contribution in [0.3, 0.4) is 0 Å². The maximum atomic E-state index is 6.13. The minimum Gasteiger partial charge on any atom is -0.496 e. The molecule has 0 radical (unpaired) electrons. The van der Waals surface area contributed by atoms with E-state index in [1.807, 2.05) is 26.0 Å². The van der Waals surface area contributed by atoms with Crippen LogP contribution in [0, 0.1) is 13.8 Å². The van der Waals surface area contributed by atoms with Crippen LogP contribution in [0.1, 0.15) is 22.7 Å². The van der Waals surface area contributed by atoms with Gasteiger partial charge in [0.05, 0.1) is 13.2 Å². The van der Waals surface area contributed by atoms with E-state index in [4.69, 9.17) is 19.9 Å². The van der Waals surface area contributed by atoms with Crippen LogP contribution in [0.4, 0.5) is 0 Å². The molecule has 96 valence electrons. The van der Waals surface area contributed by atoms with Gasteiger partial charge >= 0.3 is 0 Å². The van der Waals surface area contributed by atoms with E-state index in [2.05, 4.69) is 0 Å². The summed E-state index contributed by atoms with van der Waals surface area (Å²) >= 11 is 0. The highest BCUT2D eigenvalue weighted by Crippen LogP contribution is 2.27. The van der Waals surface area contributed by atoms with Crippen molar-refractivity contribution in [3.8, 4) is 5.75 Å². The Balaban J connectivity index is 3.09. The Bertz CT molecular complexity index is 375. The summed E-state index contributed by atoms with van der Waals surface area (Å²) in [6.07, 6.45) is -0.443. The minimum absolute atomic E-state index is 0.311. The summed E-state index contributed by atoms with van der Waals surface area (Å²) in [4.78, 5) is 0. The second kappa shape index (κ2) is 6.00. The molecule has 0 heterocycles. The van der Waals surface area contributed by atoms with Crippen LogP contribution in [-0.4, -0.2) is 27.6 Å². The summed E-state index contributed by atoms with van der Waals surface area (Å²) in [5.74, 6) is 0.866. The number of benzene rings is 1. The molecule has 0 amide bonds. The van der Waals surface area contributed by atoms with Crippen molar-refractivity contribution in [2.45, 2.75) is 26.2 Å². The zero-order valence-electron chi connectivity index (χ0n) is 11.1. The number of nitrogens with two attached hydrogens (primary N) is 1.